The first-order valence-electron chi connectivity index (χ1n) is 1.04. The molecule has 5 heavy (non-hydrogen) atoms. The van der Waals surface area contributed by atoms with Crippen LogP contribution in [-0.4, -0.2) is 25.5 Å². The van der Waals surface area contributed by atoms with Gasteiger partial charge in [-0.25, -0.2) is 0 Å². The van der Waals surface area contributed by atoms with Gasteiger partial charge in [-0.1, -0.05) is 0 Å². The molecule has 0 aromatic rings. The fourth-order valence-corrected chi connectivity index (χ4v) is 0. The molecule has 0 saturated heterocycles. The van der Waals surface area contributed by atoms with Crippen LogP contribution in [0.15, 0.2) is 0 Å². The number of nitrogens with one attached hydrogen (secondary N) is 1. The van der Waals surface area contributed by atoms with Crippen molar-refractivity contribution in [1.82, 2.24) is 3.68 Å². The Bertz CT molecular complexity index is 44.9. The van der Waals surface area contributed by atoms with Crippen LogP contribution >= 0.6 is 0 Å². The third-order valence-corrected chi connectivity index (χ3v) is 2.60. The molecule has 0 heterocycles. The summed E-state index contributed by atoms with van der Waals surface area (Å²) in [5, 5.41) is 0. The van der Waals surface area contributed by atoms with Gasteiger partial charge in [-0.15, -0.1) is 0 Å². The van der Waals surface area contributed by atoms with Crippen LogP contribution in [0.3, 0.4) is 0 Å². The van der Waals surface area contributed by atoms with Gasteiger partial charge in [0.25, 0.3) is 0 Å². The predicted molar refractivity (Wildman–Crippen MR) is 22.0 cm³/mol. The minimum atomic E-state index is -1.99. The van der Waals surface area contributed by atoms with E-state index in [0.29, 0.717) is 0 Å². The van der Waals surface area contributed by atoms with E-state index < -0.39 is 11.3 Å². The van der Waals surface area contributed by atoms with Crippen LogP contribution in [0.5, 0.6) is 0 Å². The molecule has 0 aromatic carbocycles. The van der Waals surface area contributed by atoms with E-state index in [9.17, 15) is 8.76 Å². The van der Waals surface area contributed by atoms with Crippen LogP contribution in [0.4, 0.5) is 0 Å². The Kier molecular flexibility index (Phi) is 3.18. The van der Waals surface area contributed by atoms with E-state index in [4.69, 9.17) is 0 Å². The van der Waals surface area contributed by atoms with Gasteiger partial charge in [0.05, 0.1) is 0 Å². The van der Waals surface area contributed by atoms with Crippen LogP contribution in [0.1, 0.15) is 0 Å². The molecule has 0 bridgehead atoms. The summed E-state index contributed by atoms with van der Waals surface area (Å²) in [6, 6.07) is 0. The summed E-state index contributed by atoms with van der Waals surface area (Å²) in [6.07, 6.45) is 0. The van der Waals surface area contributed by atoms with Gasteiger partial charge >= 0.3 is 40.4 Å². The standard InChI is InChI=1S/GeH5NO2S/c1-2-5(3)4/h2H,1H3,(H,3,4)/p-1. The number of rotatable bonds is 1. The Balaban J connectivity index is 2.85. The van der Waals surface area contributed by atoms with Crippen molar-refractivity contribution < 1.29 is 8.76 Å². The molecule has 3 nitrogen and oxygen atoms in total. The third-order valence-electron chi connectivity index (χ3n) is 0.167. The molecule has 1 atom stereocenters. The summed E-state index contributed by atoms with van der Waals surface area (Å²) in [5.41, 5.74) is 0. The van der Waals surface area contributed by atoms with Crippen LogP contribution in [0, 0.1) is 0 Å². The van der Waals surface area contributed by atoms with Gasteiger partial charge in [-0.05, 0) is 0 Å². The van der Waals surface area contributed by atoms with Crippen molar-refractivity contribution in [3.05, 3.63) is 0 Å². The monoisotopic (exact) mass is 156 g/mol. The summed E-state index contributed by atoms with van der Waals surface area (Å²) < 4.78 is 20.7. The van der Waals surface area contributed by atoms with E-state index in [1.54, 1.807) is 0 Å². The topological polar surface area (TPSA) is 52.2 Å². The third kappa shape index (κ3) is 4.61. The fourth-order valence-electron chi connectivity index (χ4n) is 0. The SMILES string of the molecule is O=S([O-])[NH][GeH3]. The molecule has 5 heteroatoms. The van der Waals surface area contributed by atoms with Crippen molar-refractivity contribution in [3.63, 3.8) is 0 Å². The zero-order chi connectivity index (χ0) is 4.28. The molecule has 0 fully saturated rings. The van der Waals surface area contributed by atoms with Crippen LogP contribution in [0.25, 0.3) is 0 Å². The Morgan fingerprint density at radius 3 is 2.20 bits per heavy atom. The average molecular weight is 155 g/mol. The summed E-state index contributed by atoms with van der Waals surface area (Å²) in [7, 11) is 0. The maximum absolute atomic E-state index is 9.30. The van der Waals surface area contributed by atoms with Crippen molar-refractivity contribution in [2.45, 2.75) is 0 Å². The molecule has 0 spiro atoms. The maximum atomic E-state index is 9.30. The van der Waals surface area contributed by atoms with Gasteiger partial charge in [0.1, 0.15) is 0 Å². The first kappa shape index (κ1) is 5.61. The average Bonchev–Trinajstić information content (AvgIpc) is 1.38. The molecular formula is H4GeNO2S-. The van der Waals surface area contributed by atoms with Gasteiger partial charge < -0.3 is 0 Å². The van der Waals surface area contributed by atoms with Gasteiger partial charge in [0, 0.05) is 0 Å². The van der Waals surface area contributed by atoms with Gasteiger partial charge in [-0.3, -0.25) is 0 Å². The number of hydrogen-bond acceptors (Lipinski definition) is 2. The second-order valence-corrected chi connectivity index (χ2v) is 3.89. The van der Waals surface area contributed by atoms with E-state index in [-0.39, 0.29) is 16.7 Å². The first-order valence-corrected chi connectivity index (χ1v) is 4.21. The Morgan fingerprint density at radius 2 is 2.20 bits per heavy atom. The van der Waals surface area contributed by atoms with E-state index >= 15 is 0 Å². The normalized spacial score (nSPS) is 15.4. The summed E-state index contributed by atoms with van der Waals surface area (Å²) >= 11 is -1.77. The molecule has 0 rings (SSSR count). The minimum absolute atomic E-state index is 0.222. The Hall–Kier alpha value is 0.613. The van der Waals surface area contributed by atoms with E-state index in [0.717, 1.165) is 0 Å². The first-order chi connectivity index (χ1) is 2.27. The van der Waals surface area contributed by atoms with E-state index in [1.807, 2.05) is 0 Å². The summed E-state index contributed by atoms with van der Waals surface area (Å²) in [4.78, 5) is 0. The zero-order valence-corrected chi connectivity index (χ0v) is 7.74. The second kappa shape index (κ2) is 2.83. The van der Waals surface area contributed by atoms with Crippen LogP contribution in [-0.2, 0) is 11.3 Å². The number of hydrogen-bond donors (Lipinski definition) is 1. The molecule has 1 N–H and O–H groups in total. The van der Waals surface area contributed by atoms with E-state index in [2.05, 4.69) is 3.68 Å². The summed E-state index contributed by atoms with van der Waals surface area (Å²) in [6.45, 7) is 0. The molecule has 1 unspecified atom stereocenters. The Morgan fingerprint density at radius 1 is 2.00 bits per heavy atom. The van der Waals surface area contributed by atoms with Crippen molar-refractivity contribution in [2.24, 2.45) is 0 Å². The summed E-state index contributed by atoms with van der Waals surface area (Å²) in [5.74, 6) is 0. The van der Waals surface area contributed by atoms with E-state index in [1.165, 1.54) is 0 Å². The van der Waals surface area contributed by atoms with Crippen LogP contribution in [0.2, 0.25) is 0 Å². The Labute approximate surface area is 41.0 Å². The molecule has 0 aliphatic heterocycles. The zero-order valence-electron chi connectivity index (χ0n) is 2.72. The molecule has 0 radical (unpaired) electrons. The molecule has 0 aliphatic carbocycles. The fraction of sp³-hybridized carbons (Fsp3) is 0. The molecule has 32 valence electrons. The van der Waals surface area contributed by atoms with Crippen molar-refractivity contribution >= 4 is 28.0 Å². The molecular weight excluding hydrogens is 151 g/mol. The molecule has 0 aliphatic rings. The van der Waals surface area contributed by atoms with Crippen molar-refractivity contribution in [2.75, 3.05) is 0 Å². The molecule has 0 amide bonds. The van der Waals surface area contributed by atoms with Gasteiger partial charge in [0.2, 0.25) is 0 Å². The van der Waals surface area contributed by atoms with Gasteiger partial charge in [-0.2, -0.15) is 0 Å². The second-order valence-electron chi connectivity index (χ2n) is 0.439. The van der Waals surface area contributed by atoms with Crippen LogP contribution < -0.4 is 3.68 Å². The quantitative estimate of drug-likeness (QED) is 0.340. The molecule has 0 saturated carbocycles. The molecule has 0 aromatic heterocycles. The van der Waals surface area contributed by atoms with Crippen molar-refractivity contribution in [3.8, 4) is 0 Å². The van der Waals surface area contributed by atoms with Crippen molar-refractivity contribution in [1.29, 1.82) is 0 Å². The predicted octanol–water partition coefficient (Wildman–Crippen LogP) is -2.35. The van der Waals surface area contributed by atoms with Gasteiger partial charge in [0.15, 0.2) is 0 Å².